The molecule has 0 radical (unpaired) electrons. The summed E-state index contributed by atoms with van der Waals surface area (Å²) < 4.78 is 5.39. The third-order valence-electron chi connectivity index (χ3n) is 3.25. The first-order valence-corrected chi connectivity index (χ1v) is 7.06. The highest BCUT2D eigenvalue weighted by Crippen LogP contribution is 2.20. The molecular formula is C12H21N3OS. The Labute approximate surface area is 107 Å². The third kappa shape index (κ3) is 3.74. The molecule has 0 saturated carbocycles. The summed E-state index contributed by atoms with van der Waals surface area (Å²) >= 11 is 1.70. The molecule has 0 amide bonds. The molecule has 1 aliphatic rings. The zero-order valence-corrected chi connectivity index (χ0v) is 11.2. The summed E-state index contributed by atoms with van der Waals surface area (Å²) in [5.74, 6) is 0. The Morgan fingerprint density at radius 1 is 1.53 bits per heavy atom. The predicted octanol–water partition coefficient (Wildman–Crippen LogP) is 1.30. The van der Waals surface area contributed by atoms with Crippen molar-refractivity contribution in [2.24, 2.45) is 5.73 Å². The summed E-state index contributed by atoms with van der Waals surface area (Å²) in [4.78, 5) is 4.56. The van der Waals surface area contributed by atoms with Crippen LogP contribution < -0.4 is 11.1 Å². The van der Waals surface area contributed by atoms with Gasteiger partial charge < -0.3 is 15.8 Å². The number of hydrogen-bond acceptors (Lipinski definition) is 5. The number of rotatable bonds is 5. The van der Waals surface area contributed by atoms with Crippen LogP contribution in [0.3, 0.4) is 0 Å². The van der Waals surface area contributed by atoms with E-state index in [4.69, 9.17) is 10.5 Å². The lowest BCUT2D eigenvalue weighted by molar-refractivity contribution is 0.0445. The fourth-order valence-corrected chi connectivity index (χ4v) is 2.78. The van der Waals surface area contributed by atoms with E-state index in [1.54, 1.807) is 11.3 Å². The zero-order valence-electron chi connectivity index (χ0n) is 10.4. The maximum Gasteiger partial charge on any atom is 0.0941 e. The molecule has 3 N–H and O–H groups in total. The number of nitrogens with two attached hydrogens (primary N) is 1. The first kappa shape index (κ1) is 13.0. The van der Waals surface area contributed by atoms with Crippen molar-refractivity contribution in [3.63, 3.8) is 0 Å². The average molecular weight is 255 g/mol. The molecule has 2 heterocycles. The van der Waals surface area contributed by atoms with Crippen LogP contribution in [-0.4, -0.2) is 30.3 Å². The molecule has 0 bridgehead atoms. The van der Waals surface area contributed by atoms with Crippen LogP contribution in [0.2, 0.25) is 0 Å². The minimum Gasteiger partial charge on any atom is -0.381 e. The smallest absolute Gasteiger partial charge is 0.0941 e. The van der Waals surface area contributed by atoms with Gasteiger partial charge in [-0.25, -0.2) is 4.98 Å². The summed E-state index contributed by atoms with van der Waals surface area (Å²) in [6.45, 7) is 5.51. The molecule has 1 saturated heterocycles. The highest BCUT2D eigenvalue weighted by molar-refractivity contribution is 7.09. The second-order valence-corrected chi connectivity index (χ2v) is 5.74. The molecule has 5 heteroatoms. The van der Waals surface area contributed by atoms with Crippen LogP contribution in [0.15, 0.2) is 5.38 Å². The lowest BCUT2D eigenvalue weighted by Gasteiger charge is -2.34. The monoisotopic (exact) mass is 255 g/mol. The lowest BCUT2D eigenvalue weighted by atomic mass is 9.92. The molecule has 1 aromatic heterocycles. The second kappa shape index (κ2) is 5.91. The molecule has 0 unspecified atom stereocenters. The second-order valence-electron chi connectivity index (χ2n) is 4.80. The quantitative estimate of drug-likeness (QED) is 0.832. The van der Waals surface area contributed by atoms with Crippen LogP contribution >= 0.6 is 11.3 Å². The Morgan fingerprint density at radius 2 is 2.29 bits per heavy atom. The summed E-state index contributed by atoms with van der Waals surface area (Å²) in [6.07, 6.45) is 3.04. The van der Waals surface area contributed by atoms with E-state index in [2.05, 4.69) is 22.6 Å². The molecule has 1 fully saturated rings. The van der Waals surface area contributed by atoms with E-state index >= 15 is 0 Å². The average Bonchev–Trinajstić information content (AvgIpc) is 2.76. The number of ether oxygens (including phenoxy) is 1. The first-order valence-electron chi connectivity index (χ1n) is 6.18. The van der Waals surface area contributed by atoms with Gasteiger partial charge in [0.2, 0.25) is 0 Å². The molecule has 0 aromatic carbocycles. The fraction of sp³-hybridized carbons (Fsp3) is 0.750. The summed E-state index contributed by atoms with van der Waals surface area (Å²) in [5.41, 5.74) is 6.85. The van der Waals surface area contributed by atoms with Crippen LogP contribution in [0.1, 0.15) is 30.5 Å². The normalized spacial score (nSPS) is 19.4. The van der Waals surface area contributed by atoms with Crippen LogP contribution in [0.25, 0.3) is 0 Å². The molecule has 17 heavy (non-hydrogen) atoms. The van der Waals surface area contributed by atoms with Gasteiger partial charge in [0.1, 0.15) is 0 Å². The van der Waals surface area contributed by atoms with Crippen molar-refractivity contribution in [2.45, 2.75) is 38.3 Å². The fourth-order valence-electron chi connectivity index (χ4n) is 1.97. The van der Waals surface area contributed by atoms with Gasteiger partial charge in [0, 0.05) is 37.1 Å². The van der Waals surface area contributed by atoms with Crippen molar-refractivity contribution in [3.8, 4) is 0 Å². The summed E-state index contributed by atoms with van der Waals surface area (Å²) in [5, 5.41) is 6.87. The van der Waals surface area contributed by atoms with Crippen molar-refractivity contribution in [3.05, 3.63) is 16.1 Å². The van der Waals surface area contributed by atoms with Gasteiger partial charge in [-0.05, 0) is 26.3 Å². The standard InChI is InChI=1S/C12H21N3OS/c1-12(3-6-16-7-4-12)14-8-10-9-17-11(15-10)2-5-13/h9,14H,2-8,13H2,1H3. The molecular weight excluding hydrogens is 234 g/mol. The molecule has 0 spiro atoms. The third-order valence-corrected chi connectivity index (χ3v) is 4.21. The number of aromatic nitrogens is 1. The lowest BCUT2D eigenvalue weighted by Crippen LogP contribution is -2.46. The van der Waals surface area contributed by atoms with Gasteiger partial charge in [-0.15, -0.1) is 11.3 Å². The van der Waals surface area contributed by atoms with Crippen LogP contribution in [0.5, 0.6) is 0 Å². The SMILES string of the molecule is CC1(NCc2csc(CCN)n2)CCOCC1. The van der Waals surface area contributed by atoms with Crippen molar-refractivity contribution in [1.29, 1.82) is 0 Å². The van der Waals surface area contributed by atoms with Crippen molar-refractivity contribution >= 4 is 11.3 Å². The Kier molecular flexibility index (Phi) is 4.50. The van der Waals surface area contributed by atoms with E-state index < -0.39 is 0 Å². The van der Waals surface area contributed by atoms with E-state index in [0.29, 0.717) is 6.54 Å². The van der Waals surface area contributed by atoms with Crippen LogP contribution in [0.4, 0.5) is 0 Å². The largest absolute Gasteiger partial charge is 0.381 e. The van der Waals surface area contributed by atoms with E-state index in [-0.39, 0.29) is 5.54 Å². The van der Waals surface area contributed by atoms with E-state index in [0.717, 1.165) is 49.7 Å². The van der Waals surface area contributed by atoms with Gasteiger partial charge >= 0.3 is 0 Å². The van der Waals surface area contributed by atoms with Gasteiger partial charge in [0.15, 0.2) is 0 Å². The van der Waals surface area contributed by atoms with Crippen molar-refractivity contribution in [1.82, 2.24) is 10.3 Å². The Bertz CT molecular complexity index is 347. The van der Waals surface area contributed by atoms with Crippen LogP contribution in [-0.2, 0) is 17.7 Å². The van der Waals surface area contributed by atoms with Gasteiger partial charge in [-0.2, -0.15) is 0 Å². The topological polar surface area (TPSA) is 60.2 Å². The van der Waals surface area contributed by atoms with E-state index in [1.165, 1.54) is 0 Å². The Morgan fingerprint density at radius 3 is 3.00 bits per heavy atom. The summed E-state index contributed by atoms with van der Waals surface area (Å²) in [6, 6.07) is 0. The maximum absolute atomic E-state index is 5.52. The molecule has 0 atom stereocenters. The Balaban J connectivity index is 1.83. The predicted molar refractivity (Wildman–Crippen MR) is 70.2 cm³/mol. The zero-order chi connectivity index (χ0) is 12.1. The molecule has 2 rings (SSSR count). The highest BCUT2D eigenvalue weighted by atomic mass is 32.1. The molecule has 96 valence electrons. The van der Waals surface area contributed by atoms with Gasteiger partial charge in [-0.3, -0.25) is 0 Å². The minimum atomic E-state index is 0.204. The summed E-state index contributed by atoms with van der Waals surface area (Å²) in [7, 11) is 0. The van der Waals surface area contributed by atoms with Crippen molar-refractivity contribution in [2.75, 3.05) is 19.8 Å². The minimum absolute atomic E-state index is 0.204. The molecule has 1 aromatic rings. The maximum atomic E-state index is 5.52. The number of thiazole rings is 1. The van der Waals surface area contributed by atoms with Crippen molar-refractivity contribution < 1.29 is 4.74 Å². The Hall–Kier alpha value is -0.490. The molecule has 0 aliphatic carbocycles. The number of hydrogen-bond donors (Lipinski definition) is 2. The van der Waals surface area contributed by atoms with E-state index in [9.17, 15) is 0 Å². The number of nitrogens with zero attached hydrogens (tertiary/aromatic N) is 1. The first-order chi connectivity index (χ1) is 8.22. The van der Waals surface area contributed by atoms with Gasteiger partial charge in [0.25, 0.3) is 0 Å². The molecule has 1 aliphatic heterocycles. The highest BCUT2D eigenvalue weighted by Gasteiger charge is 2.26. The molecule has 4 nitrogen and oxygen atoms in total. The van der Waals surface area contributed by atoms with E-state index in [1.807, 2.05) is 0 Å². The van der Waals surface area contributed by atoms with Gasteiger partial charge in [-0.1, -0.05) is 0 Å². The van der Waals surface area contributed by atoms with Gasteiger partial charge in [0.05, 0.1) is 10.7 Å². The number of nitrogens with one attached hydrogen (secondary N) is 1. The van der Waals surface area contributed by atoms with Crippen LogP contribution in [0, 0.1) is 0 Å².